The van der Waals surface area contributed by atoms with Crippen LogP contribution in [0.3, 0.4) is 0 Å². The molecular formula is C36H50N6O2. The molecule has 236 valence electrons. The van der Waals surface area contributed by atoms with Gasteiger partial charge in [0.1, 0.15) is 11.5 Å². The van der Waals surface area contributed by atoms with Gasteiger partial charge in [0.15, 0.2) is 0 Å². The Hall–Kier alpha value is -3.04. The molecule has 0 amide bonds. The summed E-state index contributed by atoms with van der Waals surface area (Å²) < 4.78 is 10.8. The first kappa shape index (κ1) is 29.7. The van der Waals surface area contributed by atoms with Crippen LogP contribution in [0.2, 0.25) is 0 Å². The first-order valence-corrected chi connectivity index (χ1v) is 17.0. The maximum atomic E-state index is 5.39. The molecule has 4 aliphatic rings. The van der Waals surface area contributed by atoms with Crippen LogP contribution in [-0.4, -0.2) is 86.3 Å². The number of aromatic nitrogens is 2. The lowest BCUT2D eigenvalue weighted by atomic mass is 9.97. The fourth-order valence-corrected chi connectivity index (χ4v) is 7.96. The first-order chi connectivity index (χ1) is 21.7. The lowest BCUT2D eigenvalue weighted by Gasteiger charge is -2.26. The molecule has 8 nitrogen and oxygen atoms in total. The van der Waals surface area contributed by atoms with Crippen molar-refractivity contribution >= 4 is 21.8 Å². The van der Waals surface area contributed by atoms with Crippen LogP contribution in [0.5, 0.6) is 11.5 Å². The molecule has 8 heteroatoms. The summed E-state index contributed by atoms with van der Waals surface area (Å²) in [6, 6.07) is 13.6. The summed E-state index contributed by atoms with van der Waals surface area (Å²) in [5.74, 6) is 1.89. The number of nitrogens with zero attached hydrogens (tertiary/aromatic N) is 2. The third-order valence-electron chi connectivity index (χ3n) is 10.4. The van der Waals surface area contributed by atoms with Gasteiger partial charge in [-0.1, -0.05) is 0 Å². The predicted octanol–water partition coefficient (Wildman–Crippen LogP) is 5.70. The average molecular weight is 599 g/mol. The summed E-state index contributed by atoms with van der Waals surface area (Å²) in [5.41, 5.74) is 8.24. The smallest absolute Gasteiger partial charge is 0.119 e. The van der Waals surface area contributed by atoms with Crippen molar-refractivity contribution in [3.05, 3.63) is 58.9 Å². The van der Waals surface area contributed by atoms with Gasteiger partial charge in [0.2, 0.25) is 0 Å². The number of methoxy groups -OCH3 is 2. The molecule has 4 aliphatic heterocycles. The van der Waals surface area contributed by atoms with Crippen molar-refractivity contribution in [2.24, 2.45) is 0 Å². The highest BCUT2D eigenvalue weighted by atomic mass is 16.5. The normalized spacial score (nSPS) is 22.1. The molecule has 0 bridgehead atoms. The summed E-state index contributed by atoms with van der Waals surface area (Å²) in [6.45, 7) is 9.68. The molecule has 2 aromatic heterocycles. The third kappa shape index (κ3) is 6.23. The molecule has 6 heterocycles. The van der Waals surface area contributed by atoms with E-state index in [9.17, 15) is 0 Å². The molecule has 0 aliphatic carbocycles. The monoisotopic (exact) mass is 598 g/mol. The van der Waals surface area contributed by atoms with Gasteiger partial charge in [-0.25, -0.2) is 0 Å². The van der Waals surface area contributed by atoms with E-state index in [0.29, 0.717) is 12.1 Å². The van der Waals surface area contributed by atoms with Gasteiger partial charge in [-0.15, -0.1) is 0 Å². The third-order valence-corrected chi connectivity index (χ3v) is 10.4. The number of aromatic amines is 2. The Morgan fingerprint density at radius 1 is 0.636 bits per heavy atom. The van der Waals surface area contributed by atoms with Gasteiger partial charge in [-0.05, 0) is 151 Å². The van der Waals surface area contributed by atoms with E-state index < -0.39 is 0 Å². The summed E-state index contributed by atoms with van der Waals surface area (Å²) in [5, 5.41) is 10.1. The molecule has 2 atom stereocenters. The van der Waals surface area contributed by atoms with Crippen LogP contribution < -0.4 is 20.1 Å². The molecule has 0 unspecified atom stereocenters. The number of nitrogens with one attached hydrogen (secondary N) is 4. The Kier molecular flexibility index (Phi) is 9.12. The second-order valence-corrected chi connectivity index (χ2v) is 13.0. The van der Waals surface area contributed by atoms with Crippen molar-refractivity contribution in [3.8, 4) is 11.5 Å². The molecule has 2 fully saturated rings. The minimum atomic E-state index is 0.461. The molecule has 0 radical (unpaired) electrons. The van der Waals surface area contributed by atoms with Crippen LogP contribution in [0, 0.1) is 0 Å². The number of likely N-dealkylation sites (tertiary alicyclic amines) is 2. The molecule has 2 aromatic carbocycles. The largest absolute Gasteiger partial charge is 0.497 e. The van der Waals surface area contributed by atoms with Crippen molar-refractivity contribution in [2.45, 2.75) is 63.5 Å². The van der Waals surface area contributed by atoms with E-state index in [1.54, 1.807) is 14.2 Å². The van der Waals surface area contributed by atoms with Gasteiger partial charge >= 0.3 is 0 Å². The van der Waals surface area contributed by atoms with Crippen LogP contribution in [0.15, 0.2) is 36.4 Å². The minimum absolute atomic E-state index is 0.461. The van der Waals surface area contributed by atoms with Gasteiger partial charge in [0.05, 0.1) is 14.2 Å². The zero-order chi connectivity index (χ0) is 29.9. The van der Waals surface area contributed by atoms with Crippen molar-refractivity contribution in [1.29, 1.82) is 0 Å². The summed E-state index contributed by atoms with van der Waals surface area (Å²) in [6.07, 6.45) is 10.1. The Morgan fingerprint density at radius 3 is 1.48 bits per heavy atom. The van der Waals surface area contributed by atoms with Crippen LogP contribution in [0.25, 0.3) is 21.8 Å². The SMILES string of the molecule is COc1ccc2[nH]c3c(c2c1)CCN[C@@H]3CCN1CCCC1.COc1ccc2[nH]c3c(c2c1)CCN[C@H]3CCN1CCCC1. The van der Waals surface area contributed by atoms with Crippen molar-refractivity contribution < 1.29 is 9.47 Å². The Bertz CT molecular complexity index is 1430. The fraction of sp³-hybridized carbons (Fsp3) is 0.556. The maximum Gasteiger partial charge on any atom is 0.119 e. The molecule has 0 saturated carbocycles. The topological polar surface area (TPSA) is 80.6 Å². The van der Waals surface area contributed by atoms with E-state index in [2.05, 4.69) is 54.7 Å². The molecule has 4 N–H and O–H groups in total. The van der Waals surface area contributed by atoms with E-state index in [-0.39, 0.29) is 0 Å². The summed E-state index contributed by atoms with van der Waals surface area (Å²) in [4.78, 5) is 12.5. The molecular weight excluding hydrogens is 548 g/mol. The van der Waals surface area contributed by atoms with Gasteiger partial charge in [0, 0.05) is 45.3 Å². The Labute approximate surface area is 261 Å². The highest BCUT2D eigenvalue weighted by molar-refractivity contribution is 5.87. The van der Waals surface area contributed by atoms with Crippen LogP contribution in [0.1, 0.15) is 73.1 Å². The number of hydrogen-bond donors (Lipinski definition) is 4. The second-order valence-electron chi connectivity index (χ2n) is 13.0. The lowest BCUT2D eigenvalue weighted by Crippen LogP contribution is -2.33. The van der Waals surface area contributed by atoms with Gasteiger partial charge < -0.3 is 39.9 Å². The van der Waals surface area contributed by atoms with Gasteiger partial charge in [-0.3, -0.25) is 0 Å². The zero-order valence-electron chi connectivity index (χ0n) is 26.6. The Morgan fingerprint density at radius 2 is 1.07 bits per heavy atom. The van der Waals surface area contributed by atoms with Gasteiger partial charge in [-0.2, -0.15) is 0 Å². The first-order valence-electron chi connectivity index (χ1n) is 17.0. The number of H-pyrrole nitrogens is 2. The molecule has 44 heavy (non-hydrogen) atoms. The average Bonchev–Trinajstić information content (AvgIpc) is 3.89. The Balaban J connectivity index is 0.000000142. The fourth-order valence-electron chi connectivity index (χ4n) is 7.96. The van der Waals surface area contributed by atoms with Crippen LogP contribution in [0.4, 0.5) is 0 Å². The van der Waals surface area contributed by atoms with Crippen LogP contribution in [-0.2, 0) is 12.8 Å². The van der Waals surface area contributed by atoms with Gasteiger partial charge in [0.25, 0.3) is 0 Å². The molecule has 8 rings (SSSR count). The summed E-state index contributed by atoms with van der Waals surface area (Å²) in [7, 11) is 3.47. The predicted molar refractivity (Wildman–Crippen MR) is 179 cm³/mol. The molecule has 0 spiro atoms. The summed E-state index contributed by atoms with van der Waals surface area (Å²) >= 11 is 0. The standard InChI is InChI=1S/2C18H25N3O/c2*1-22-13-4-5-16-15(12-13)14-6-8-19-17(18(14)20-16)7-11-21-9-2-3-10-21/h2*4-5,12,17,19-20H,2-3,6-11H2,1H3/t2*17-/m10/s1. The molecule has 2 saturated heterocycles. The second kappa shape index (κ2) is 13.5. The number of rotatable bonds is 8. The van der Waals surface area contributed by atoms with Crippen molar-refractivity contribution in [2.75, 3.05) is 66.6 Å². The highest BCUT2D eigenvalue weighted by Gasteiger charge is 2.26. The van der Waals surface area contributed by atoms with Crippen molar-refractivity contribution in [1.82, 2.24) is 30.4 Å². The highest BCUT2D eigenvalue weighted by Crippen LogP contribution is 2.35. The minimum Gasteiger partial charge on any atom is -0.497 e. The zero-order valence-corrected chi connectivity index (χ0v) is 26.6. The van der Waals surface area contributed by atoms with Crippen LogP contribution >= 0.6 is 0 Å². The van der Waals surface area contributed by atoms with E-state index in [0.717, 1.165) is 37.4 Å². The number of hydrogen-bond acceptors (Lipinski definition) is 6. The van der Waals surface area contributed by atoms with E-state index in [1.165, 1.54) is 122 Å². The lowest BCUT2D eigenvalue weighted by molar-refractivity contribution is 0.305. The molecule has 4 aromatic rings. The van der Waals surface area contributed by atoms with Crippen molar-refractivity contribution in [3.63, 3.8) is 0 Å². The van der Waals surface area contributed by atoms with E-state index >= 15 is 0 Å². The van der Waals surface area contributed by atoms with E-state index in [4.69, 9.17) is 9.47 Å². The quantitative estimate of drug-likeness (QED) is 0.209. The number of fused-ring (bicyclic) bond motifs is 6. The number of benzene rings is 2. The number of ether oxygens (including phenoxy) is 2. The van der Waals surface area contributed by atoms with E-state index in [1.807, 2.05) is 12.1 Å². The maximum absolute atomic E-state index is 5.39.